The van der Waals surface area contributed by atoms with Crippen LogP contribution in [-0.2, 0) is 4.74 Å². The molecule has 0 aliphatic heterocycles. The summed E-state index contributed by atoms with van der Waals surface area (Å²) in [6.45, 7) is 0.550. The molecule has 0 aliphatic carbocycles. The zero-order valence-electron chi connectivity index (χ0n) is 5.28. The van der Waals surface area contributed by atoms with E-state index in [0.717, 1.165) is 0 Å². The maximum atomic E-state index is 12.2. The highest BCUT2D eigenvalue weighted by molar-refractivity contribution is 4.54. The van der Waals surface area contributed by atoms with Gasteiger partial charge in [-0.1, -0.05) is 0 Å². The van der Waals surface area contributed by atoms with Crippen molar-refractivity contribution in [3.63, 3.8) is 0 Å². The van der Waals surface area contributed by atoms with E-state index in [9.17, 15) is 4.39 Å². The minimum atomic E-state index is -0.870. The highest BCUT2D eigenvalue weighted by atomic mass is 19.1. The summed E-state index contributed by atoms with van der Waals surface area (Å²) >= 11 is 0. The SMILES string of the molecule is CNCC(F)COC. The van der Waals surface area contributed by atoms with Gasteiger partial charge in [0.25, 0.3) is 0 Å². The Morgan fingerprint density at radius 2 is 2.38 bits per heavy atom. The molecule has 0 aliphatic rings. The lowest BCUT2D eigenvalue weighted by atomic mass is 10.4. The molecule has 0 bridgehead atoms. The van der Waals surface area contributed by atoms with Crippen LogP contribution >= 0.6 is 0 Å². The molecule has 0 aromatic carbocycles. The van der Waals surface area contributed by atoms with Crippen molar-refractivity contribution in [2.45, 2.75) is 6.17 Å². The fourth-order valence-electron chi connectivity index (χ4n) is 0.461. The Labute approximate surface area is 49.0 Å². The van der Waals surface area contributed by atoms with Gasteiger partial charge in [-0.2, -0.15) is 0 Å². The Morgan fingerprint density at radius 3 is 2.75 bits per heavy atom. The zero-order valence-corrected chi connectivity index (χ0v) is 5.28. The average Bonchev–Trinajstić information content (AvgIpc) is 1.68. The number of alkyl halides is 1. The summed E-state index contributed by atoms with van der Waals surface area (Å²) in [5.41, 5.74) is 0. The van der Waals surface area contributed by atoms with Crippen molar-refractivity contribution in [3.05, 3.63) is 0 Å². The minimum absolute atomic E-state index is 0.181. The molecule has 0 amide bonds. The Balaban J connectivity index is 2.92. The largest absolute Gasteiger partial charge is 0.382 e. The third-order valence-electron chi connectivity index (χ3n) is 0.773. The van der Waals surface area contributed by atoms with E-state index in [1.165, 1.54) is 7.11 Å². The number of ether oxygens (including phenoxy) is 1. The van der Waals surface area contributed by atoms with Crippen LogP contribution in [0.3, 0.4) is 0 Å². The summed E-state index contributed by atoms with van der Waals surface area (Å²) < 4.78 is 16.8. The summed E-state index contributed by atoms with van der Waals surface area (Å²) in [4.78, 5) is 0. The van der Waals surface area contributed by atoms with Gasteiger partial charge in [-0.3, -0.25) is 0 Å². The number of hydrogen-bond donors (Lipinski definition) is 1. The standard InChI is InChI=1S/C5H12FNO/c1-7-3-5(6)4-8-2/h5,7H,3-4H2,1-2H3. The maximum absolute atomic E-state index is 12.2. The van der Waals surface area contributed by atoms with Crippen molar-refractivity contribution in [2.24, 2.45) is 0 Å². The van der Waals surface area contributed by atoms with Crippen LogP contribution in [-0.4, -0.2) is 33.5 Å². The fraction of sp³-hybridized carbons (Fsp3) is 1.00. The number of methoxy groups -OCH3 is 1. The van der Waals surface area contributed by atoms with E-state index in [2.05, 4.69) is 10.1 Å². The van der Waals surface area contributed by atoms with Gasteiger partial charge in [0.1, 0.15) is 6.17 Å². The van der Waals surface area contributed by atoms with Crippen molar-refractivity contribution in [1.29, 1.82) is 0 Å². The molecule has 0 radical (unpaired) electrons. The highest BCUT2D eigenvalue weighted by Gasteiger charge is 2.01. The molecule has 1 unspecified atom stereocenters. The molecule has 0 fully saturated rings. The molecule has 0 heterocycles. The van der Waals surface area contributed by atoms with Crippen molar-refractivity contribution in [1.82, 2.24) is 5.32 Å². The van der Waals surface area contributed by atoms with Crippen LogP contribution in [0.2, 0.25) is 0 Å². The van der Waals surface area contributed by atoms with Gasteiger partial charge >= 0.3 is 0 Å². The predicted octanol–water partition coefficient (Wildman–Crippen LogP) is 0.190. The van der Waals surface area contributed by atoms with Crippen molar-refractivity contribution >= 4 is 0 Å². The second-order valence-corrected chi connectivity index (χ2v) is 1.61. The predicted molar refractivity (Wildman–Crippen MR) is 30.7 cm³/mol. The van der Waals surface area contributed by atoms with Crippen LogP contribution < -0.4 is 5.32 Å². The average molecular weight is 121 g/mol. The number of halogens is 1. The second kappa shape index (κ2) is 5.00. The number of rotatable bonds is 4. The lowest BCUT2D eigenvalue weighted by Crippen LogP contribution is -2.23. The van der Waals surface area contributed by atoms with Crippen molar-refractivity contribution in [3.8, 4) is 0 Å². The van der Waals surface area contributed by atoms with E-state index >= 15 is 0 Å². The molecular weight excluding hydrogens is 109 g/mol. The monoisotopic (exact) mass is 121 g/mol. The van der Waals surface area contributed by atoms with Crippen molar-refractivity contribution < 1.29 is 9.13 Å². The third kappa shape index (κ3) is 4.02. The van der Waals surface area contributed by atoms with Crippen LogP contribution in [0, 0.1) is 0 Å². The summed E-state index contributed by atoms with van der Waals surface area (Å²) in [5.74, 6) is 0. The lowest BCUT2D eigenvalue weighted by Gasteiger charge is -2.03. The number of hydrogen-bond acceptors (Lipinski definition) is 2. The summed E-state index contributed by atoms with van der Waals surface area (Å²) in [5, 5.41) is 2.70. The van der Waals surface area contributed by atoms with Gasteiger partial charge < -0.3 is 10.1 Å². The minimum Gasteiger partial charge on any atom is -0.382 e. The van der Waals surface area contributed by atoms with Crippen LogP contribution in [0.1, 0.15) is 0 Å². The Bertz CT molecular complexity index is 45.7. The number of nitrogens with one attached hydrogen (secondary N) is 1. The van der Waals surface area contributed by atoms with Crippen molar-refractivity contribution in [2.75, 3.05) is 27.3 Å². The molecule has 3 heteroatoms. The van der Waals surface area contributed by atoms with E-state index in [4.69, 9.17) is 0 Å². The first-order valence-corrected chi connectivity index (χ1v) is 2.59. The molecule has 50 valence electrons. The molecule has 1 N–H and O–H groups in total. The highest BCUT2D eigenvalue weighted by Crippen LogP contribution is 1.86. The van der Waals surface area contributed by atoms with E-state index < -0.39 is 6.17 Å². The molecule has 8 heavy (non-hydrogen) atoms. The Kier molecular flexibility index (Phi) is 4.90. The van der Waals surface area contributed by atoms with Gasteiger partial charge in [-0.15, -0.1) is 0 Å². The van der Waals surface area contributed by atoms with E-state index in [0.29, 0.717) is 6.54 Å². The molecule has 1 atom stereocenters. The topological polar surface area (TPSA) is 21.3 Å². The van der Waals surface area contributed by atoms with Gasteiger partial charge in [0.15, 0.2) is 0 Å². The molecule has 0 saturated heterocycles. The second-order valence-electron chi connectivity index (χ2n) is 1.61. The molecule has 0 saturated carbocycles. The first-order valence-electron chi connectivity index (χ1n) is 2.59. The third-order valence-corrected chi connectivity index (χ3v) is 0.773. The van der Waals surface area contributed by atoms with Crippen LogP contribution in [0.25, 0.3) is 0 Å². The molecule has 2 nitrogen and oxygen atoms in total. The van der Waals surface area contributed by atoms with E-state index in [1.54, 1.807) is 7.05 Å². The fourth-order valence-corrected chi connectivity index (χ4v) is 0.461. The summed E-state index contributed by atoms with van der Waals surface area (Å²) in [6.07, 6.45) is -0.870. The van der Waals surface area contributed by atoms with Crippen LogP contribution in [0.15, 0.2) is 0 Å². The van der Waals surface area contributed by atoms with Gasteiger partial charge in [0.05, 0.1) is 6.61 Å². The summed E-state index contributed by atoms with van der Waals surface area (Å²) in [6, 6.07) is 0. The van der Waals surface area contributed by atoms with E-state index in [1.807, 2.05) is 0 Å². The van der Waals surface area contributed by atoms with Gasteiger partial charge in [-0.05, 0) is 7.05 Å². The first-order chi connectivity index (χ1) is 3.81. The molecule has 0 rings (SSSR count). The molecular formula is C5H12FNO. The normalized spacial score (nSPS) is 13.9. The zero-order chi connectivity index (χ0) is 6.41. The van der Waals surface area contributed by atoms with Crippen LogP contribution in [0.4, 0.5) is 4.39 Å². The van der Waals surface area contributed by atoms with Crippen LogP contribution in [0.5, 0.6) is 0 Å². The maximum Gasteiger partial charge on any atom is 0.136 e. The molecule has 0 aromatic heterocycles. The quantitative estimate of drug-likeness (QED) is 0.573. The van der Waals surface area contributed by atoms with Gasteiger partial charge in [0.2, 0.25) is 0 Å². The first kappa shape index (κ1) is 7.85. The van der Waals surface area contributed by atoms with E-state index in [-0.39, 0.29) is 6.61 Å². The van der Waals surface area contributed by atoms with Gasteiger partial charge in [-0.25, -0.2) is 4.39 Å². The molecule has 0 aromatic rings. The molecule has 0 spiro atoms. The lowest BCUT2D eigenvalue weighted by molar-refractivity contribution is 0.124. The Hall–Kier alpha value is -0.150. The van der Waals surface area contributed by atoms with Gasteiger partial charge in [0, 0.05) is 13.7 Å². The smallest absolute Gasteiger partial charge is 0.136 e. The summed E-state index contributed by atoms with van der Waals surface area (Å²) in [7, 11) is 3.20. The Morgan fingerprint density at radius 1 is 1.75 bits per heavy atom.